The van der Waals surface area contributed by atoms with E-state index in [0.29, 0.717) is 4.47 Å². The zero-order chi connectivity index (χ0) is 12.9. The van der Waals surface area contributed by atoms with Gasteiger partial charge in [-0.25, -0.2) is 0 Å². The maximum absolute atomic E-state index is 12.4. The third kappa shape index (κ3) is 1.68. The average molecular weight is 312 g/mol. The maximum Gasteiger partial charge on any atom is 0.266 e. The smallest absolute Gasteiger partial charge is 0.266 e. The largest absolute Gasteiger partial charge is 0.306 e. The molecule has 5 heteroatoms. The van der Waals surface area contributed by atoms with Crippen molar-refractivity contribution in [3.63, 3.8) is 0 Å². The number of aryl methyl sites for hydroxylation is 1. The van der Waals surface area contributed by atoms with Gasteiger partial charge < -0.3 is 4.90 Å². The average Bonchev–Trinajstić information content (AvgIpc) is 2.71. The van der Waals surface area contributed by atoms with Crippen molar-refractivity contribution in [3.05, 3.63) is 32.2 Å². The van der Waals surface area contributed by atoms with Crippen LogP contribution < -0.4 is 10.9 Å². The summed E-state index contributed by atoms with van der Waals surface area (Å²) >= 11 is 3.39. The first kappa shape index (κ1) is 12.4. The second-order valence-electron chi connectivity index (χ2n) is 5.45. The lowest BCUT2D eigenvalue weighted by atomic mass is 9.97. The van der Waals surface area contributed by atoms with Gasteiger partial charge in [-0.3, -0.25) is 14.7 Å². The summed E-state index contributed by atoms with van der Waals surface area (Å²) < 4.78 is 2.67. The van der Waals surface area contributed by atoms with Gasteiger partial charge in [-0.05, 0) is 54.4 Å². The molecule has 0 aliphatic carbocycles. The summed E-state index contributed by atoms with van der Waals surface area (Å²) in [5.74, 6) is 0. The Bertz CT molecular complexity index is 544. The molecule has 0 saturated carbocycles. The van der Waals surface area contributed by atoms with Crippen LogP contribution in [0, 0.1) is 6.92 Å². The van der Waals surface area contributed by atoms with Crippen LogP contribution in [0.25, 0.3) is 0 Å². The second-order valence-corrected chi connectivity index (χ2v) is 6.31. The zero-order valence-corrected chi connectivity index (χ0v) is 12.4. The third-order valence-electron chi connectivity index (χ3n) is 4.30. The number of hydrogen-bond donors (Lipinski definition) is 1. The van der Waals surface area contributed by atoms with E-state index in [1.165, 1.54) is 5.56 Å². The van der Waals surface area contributed by atoms with Crippen LogP contribution in [-0.2, 0) is 12.2 Å². The lowest BCUT2D eigenvalue weighted by molar-refractivity contribution is 0.109. The molecule has 1 aromatic heterocycles. The minimum atomic E-state index is -0.159. The molecule has 1 saturated heterocycles. The van der Waals surface area contributed by atoms with Crippen LogP contribution in [0.3, 0.4) is 0 Å². The zero-order valence-electron chi connectivity index (χ0n) is 10.8. The van der Waals surface area contributed by atoms with Crippen molar-refractivity contribution in [1.29, 1.82) is 0 Å². The summed E-state index contributed by atoms with van der Waals surface area (Å²) in [6.45, 7) is 4.94. The van der Waals surface area contributed by atoms with Gasteiger partial charge in [0.1, 0.15) is 5.66 Å². The molecule has 2 aliphatic rings. The van der Waals surface area contributed by atoms with E-state index in [0.717, 1.165) is 38.2 Å². The predicted molar refractivity (Wildman–Crippen MR) is 74.7 cm³/mol. The summed E-state index contributed by atoms with van der Waals surface area (Å²) in [7, 11) is 2.14. The Morgan fingerprint density at radius 3 is 2.72 bits per heavy atom. The fraction of sp³-hybridized carbons (Fsp3) is 0.615. The highest BCUT2D eigenvalue weighted by Crippen LogP contribution is 2.33. The van der Waals surface area contributed by atoms with E-state index in [4.69, 9.17) is 0 Å². The number of likely N-dealkylation sites (tertiary alicyclic amines) is 1. The minimum absolute atomic E-state index is 0.102. The number of fused-ring (bicyclic) bond motifs is 2. The standard InChI is InChI=1S/C13H18BrN3O/c1-9-7-10(14)12(18)17-11(9)8-15-13(17)3-5-16(2)6-4-13/h7,15H,3-6,8H2,1-2H3. The predicted octanol–water partition coefficient (Wildman–Crippen LogP) is 1.40. The fourth-order valence-corrected chi connectivity index (χ4v) is 3.65. The van der Waals surface area contributed by atoms with E-state index in [2.05, 4.69) is 40.1 Å². The van der Waals surface area contributed by atoms with Crippen molar-refractivity contribution in [1.82, 2.24) is 14.8 Å². The molecule has 0 bridgehead atoms. The van der Waals surface area contributed by atoms with Gasteiger partial charge in [-0.2, -0.15) is 0 Å². The number of aromatic nitrogens is 1. The van der Waals surface area contributed by atoms with Crippen molar-refractivity contribution < 1.29 is 0 Å². The van der Waals surface area contributed by atoms with E-state index in [9.17, 15) is 4.79 Å². The number of hydrogen-bond acceptors (Lipinski definition) is 3. The van der Waals surface area contributed by atoms with E-state index >= 15 is 0 Å². The van der Waals surface area contributed by atoms with Gasteiger partial charge in [0.15, 0.2) is 0 Å². The Hall–Kier alpha value is -0.650. The molecule has 1 spiro atoms. The highest BCUT2D eigenvalue weighted by atomic mass is 79.9. The first-order chi connectivity index (χ1) is 8.53. The van der Waals surface area contributed by atoms with Gasteiger partial charge in [0.25, 0.3) is 5.56 Å². The van der Waals surface area contributed by atoms with Crippen LogP contribution in [0.1, 0.15) is 24.1 Å². The lowest BCUT2D eigenvalue weighted by Gasteiger charge is -2.39. The molecule has 0 aromatic carbocycles. The molecule has 3 heterocycles. The molecule has 3 rings (SSSR count). The Balaban J connectivity index is 2.14. The van der Waals surface area contributed by atoms with Crippen molar-refractivity contribution in [3.8, 4) is 0 Å². The number of nitrogens with one attached hydrogen (secondary N) is 1. The van der Waals surface area contributed by atoms with E-state index in [1.54, 1.807) is 0 Å². The number of piperidine rings is 1. The quantitative estimate of drug-likeness (QED) is 0.787. The monoisotopic (exact) mass is 311 g/mol. The van der Waals surface area contributed by atoms with Crippen LogP contribution >= 0.6 is 15.9 Å². The van der Waals surface area contributed by atoms with Crippen molar-refractivity contribution >= 4 is 15.9 Å². The van der Waals surface area contributed by atoms with Gasteiger partial charge >= 0.3 is 0 Å². The summed E-state index contributed by atoms with van der Waals surface area (Å²) in [4.78, 5) is 14.8. The van der Waals surface area contributed by atoms with Crippen molar-refractivity contribution in [2.24, 2.45) is 0 Å². The molecule has 1 fully saturated rings. The first-order valence-corrected chi connectivity index (χ1v) is 7.18. The van der Waals surface area contributed by atoms with Gasteiger partial charge in [0, 0.05) is 25.3 Å². The van der Waals surface area contributed by atoms with Crippen LogP contribution in [-0.4, -0.2) is 29.6 Å². The van der Waals surface area contributed by atoms with Crippen LogP contribution in [0.2, 0.25) is 0 Å². The molecule has 18 heavy (non-hydrogen) atoms. The van der Waals surface area contributed by atoms with E-state index in [1.807, 2.05) is 10.6 Å². The van der Waals surface area contributed by atoms with Gasteiger partial charge in [-0.1, -0.05) is 0 Å². The Kier molecular flexibility index (Phi) is 2.88. The summed E-state index contributed by atoms with van der Waals surface area (Å²) in [6.07, 6.45) is 1.98. The number of rotatable bonds is 0. The normalized spacial score (nSPS) is 22.4. The molecule has 0 radical (unpaired) electrons. The molecule has 0 amide bonds. The highest BCUT2D eigenvalue weighted by molar-refractivity contribution is 9.10. The van der Waals surface area contributed by atoms with Gasteiger partial charge in [-0.15, -0.1) is 0 Å². The number of nitrogens with zero attached hydrogens (tertiary/aromatic N) is 2. The lowest BCUT2D eigenvalue weighted by Crippen LogP contribution is -2.53. The van der Waals surface area contributed by atoms with Crippen molar-refractivity contribution in [2.45, 2.75) is 32.0 Å². The molecular weight excluding hydrogens is 294 g/mol. The van der Waals surface area contributed by atoms with Crippen molar-refractivity contribution in [2.75, 3.05) is 20.1 Å². The highest BCUT2D eigenvalue weighted by Gasteiger charge is 2.41. The summed E-state index contributed by atoms with van der Waals surface area (Å²) in [5, 5.41) is 3.58. The molecule has 2 aliphatic heterocycles. The molecular formula is C13H18BrN3O. The molecule has 98 valence electrons. The van der Waals surface area contributed by atoms with Gasteiger partial charge in [0.2, 0.25) is 0 Å². The molecule has 0 atom stereocenters. The molecule has 1 aromatic rings. The van der Waals surface area contributed by atoms with E-state index in [-0.39, 0.29) is 11.2 Å². The third-order valence-corrected chi connectivity index (χ3v) is 4.87. The van der Waals surface area contributed by atoms with Crippen LogP contribution in [0.15, 0.2) is 15.3 Å². The summed E-state index contributed by atoms with van der Waals surface area (Å²) in [5.41, 5.74) is 2.27. The topological polar surface area (TPSA) is 37.3 Å². The second kappa shape index (κ2) is 4.18. The fourth-order valence-electron chi connectivity index (χ4n) is 3.13. The number of pyridine rings is 1. The van der Waals surface area contributed by atoms with Crippen LogP contribution in [0.5, 0.6) is 0 Å². The molecule has 0 unspecified atom stereocenters. The van der Waals surface area contributed by atoms with Crippen LogP contribution in [0.4, 0.5) is 0 Å². The Labute approximate surface area is 115 Å². The first-order valence-electron chi connectivity index (χ1n) is 6.39. The minimum Gasteiger partial charge on any atom is -0.306 e. The molecule has 4 nitrogen and oxygen atoms in total. The Morgan fingerprint density at radius 1 is 1.39 bits per heavy atom. The summed E-state index contributed by atoms with van der Waals surface area (Å²) in [6, 6.07) is 1.93. The number of halogens is 1. The van der Waals surface area contributed by atoms with E-state index < -0.39 is 0 Å². The maximum atomic E-state index is 12.4. The SMILES string of the molecule is Cc1cc(Br)c(=O)n2c1CNC21CCN(C)CC1. The molecule has 1 N–H and O–H groups in total. The Morgan fingerprint density at radius 2 is 2.06 bits per heavy atom. The van der Waals surface area contributed by atoms with Gasteiger partial charge in [0.05, 0.1) is 4.47 Å².